The minimum absolute atomic E-state index is 0.0244. The van der Waals surface area contributed by atoms with Crippen LogP contribution < -0.4 is 0 Å². The van der Waals surface area contributed by atoms with Gasteiger partial charge in [0.2, 0.25) is 0 Å². The molecule has 0 saturated carbocycles. The van der Waals surface area contributed by atoms with E-state index in [1.807, 2.05) is 60.3 Å². The Hall–Kier alpha value is -3.29. The Kier molecular flexibility index (Phi) is 4.08. The molecule has 150 valence electrons. The third-order valence-electron chi connectivity index (χ3n) is 6.23. The van der Waals surface area contributed by atoms with Crippen LogP contribution >= 0.6 is 0 Å². The fraction of sp³-hybridized carbons (Fsp3) is 0.381. The Balaban J connectivity index is 1.34. The van der Waals surface area contributed by atoms with Crippen LogP contribution in [0.2, 0.25) is 0 Å². The molecule has 29 heavy (non-hydrogen) atoms. The van der Waals surface area contributed by atoms with Crippen LogP contribution in [0.1, 0.15) is 58.3 Å². The van der Waals surface area contributed by atoms with Crippen molar-refractivity contribution in [3.63, 3.8) is 0 Å². The average molecular weight is 392 g/mol. The molecule has 0 aromatic carbocycles. The zero-order valence-corrected chi connectivity index (χ0v) is 16.6. The van der Waals surface area contributed by atoms with Crippen LogP contribution in [0.4, 0.5) is 0 Å². The summed E-state index contributed by atoms with van der Waals surface area (Å²) in [6, 6.07) is 9.62. The van der Waals surface area contributed by atoms with E-state index in [0.29, 0.717) is 18.8 Å². The smallest absolute Gasteiger partial charge is 0.274 e. The molecule has 2 atom stereocenters. The molecular weight excluding hydrogens is 368 g/mol. The maximum Gasteiger partial charge on any atom is 0.274 e. The Morgan fingerprint density at radius 1 is 0.897 bits per heavy atom. The van der Waals surface area contributed by atoms with Gasteiger partial charge in [-0.3, -0.25) is 14.7 Å². The molecule has 2 unspecified atom stereocenters. The lowest BCUT2D eigenvalue weighted by atomic mass is 10.1. The minimum Gasteiger partial charge on any atom is -0.348 e. The van der Waals surface area contributed by atoms with Crippen LogP contribution in [-0.2, 0) is 13.1 Å². The van der Waals surface area contributed by atoms with Gasteiger partial charge in [-0.1, -0.05) is 0 Å². The molecule has 0 aliphatic carbocycles. The van der Waals surface area contributed by atoms with Crippen molar-refractivity contribution in [2.45, 2.75) is 39.0 Å². The number of aromatic amines is 1. The predicted octanol–water partition coefficient (Wildman–Crippen LogP) is 2.45. The van der Waals surface area contributed by atoms with E-state index >= 15 is 0 Å². The molecule has 8 heteroatoms. The number of hydrogen-bond acceptors (Lipinski definition) is 3. The van der Waals surface area contributed by atoms with E-state index in [1.54, 1.807) is 6.07 Å². The lowest BCUT2D eigenvalue weighted by Gasteiger charge is -2.34. The zero-order valence-electron chi connectivity index (χ0n) is 16.6. The summed E-state index contributed by atoms with van der Waals surface area (Å²) in [5.74, 6) is -0.280. The maximum atomic E-state index is 13.1. The van der Waals surface area contributed by atoms with Crippen molar-refractivity contribution < 1.29 is 9.59 Å². The van der Waals surface area contributed by atoms with Gasteiger partial charge in [-0.05, 0) is 38.1 Å². The minimum atomic E-state index is -0.152. The largest absolute Gasteiger partial charge is 0.348 e. The number of nitrogens with one attached hydrogen (secondary N) is 1. The molecule has 2 amide bonds. The number of H-pyrrole nitrogens is 1. The fourth-order valence-electron chi connectivity index (χ4n) is 4.56. The molecule has 0 spiro atoms. The molecule has 3 aromatic heterocycles. The second kappa shape index (κ2) is 6.65. The quantitative estimate of drug-likeness (QED) is 0.728. The van der Waals surface area contributed by atoms with Gasteiger partial charge in [-0.15, -0.1) is 0 Å². The number of amides is 2. The van der Waals surface area contributed by atoms with Crippen molar-refractivity contribution >= 4 is 11.8 Å². The Morgan fingerprint density at radius 2 is 1.45 bits per heavy atom. The van der Waals surface area contributed by atoms with Crippen molar-refractivity contribution in [2.24, 2.45) is 0 Å². The van der Waals surface area contributed by atoms with Gasteiger partial charge in [0.15, 0.2) is 5.69 Å². The summed E-state index contributed by atoms with van der Waals surface area (Å²) in [6.07, 6.45) is 4.08. The van der Waals surface area contributed by atoms with E-state index in [-0.39, 0.29) is 29.6 Å². The van der Waals surface area contributed by atoms with Crippen molar-refractivity contribution in [1.82, 2.24) is 29.1 Å². The molecule has 2 aliphatic rings. The second-order valence-corrected chi connectivity index (χ2v) is 7.77. The van der Waals surface area contributed by atoms with Gasteiger partial charge < -0.3 is 18.9 Å². The maximum absolute atomic E-state index is 13.1. The molecule has 5 rings (SSSR count). The first-order valence-electron chi connectivity index (χ1n) is 10.0. The summed E-state index contributed by atoms with van der Waals surface area (Å²) in [7, 11) is 0. The van der Waals surface area contributed by atoms with Crippen LogP contribution in [0.25, 0.3) is 0 Å². The van der Waals surface area contributed by atoms with Gasteiger partial charge in [0, 0.05) is 56.0 Å². The zero-order chi connectivity index (χ0) is 20.1. The molecule has 0 saturated heterocycles. The van der Waals surface area contributed by atoms with Gasteiger partial charge in [0.05, 0.1) is 12.1 Å². The monoisotopic (exact) mass is 392 g/mol. The summed E-state index contributed by atoms with van der Waals surface area (Å²) in [4.78, 5) is 29.8. The standard InChI is InChI=1S/C21H24N6O2/c1-14-18-5-3-7-24(18)9-11-26(14)20(28)16-13-17(23-22-16)21(29)27-12-10-25-8-4-6-19(25)15(27)2/h3-8,13-15H,9-12H2,1-2H3,(H,22,23). The van der Waals surface area contributed by atoms with Crippen molar-refractivity contribution in [2.75, 3.05) is 13.1 Å². The van der Waals surface area contributed by atoms with E-state index in [2.05, 4.69) is 19.3 Å². The lowest BCUT2D eigenvalue weighted by Crippen LogP contribution is -2.41. The number of rotatable bonds is 2. The Morgan fingerprint density at radius 3 is 2.03 bits per heavy atom. The molecule has 2 aliphatic heterocycles. The van der Waals surface area contributed by atoms with Gasteiger partial charge >= 0.3 is 0 Å². The third kappa shape index (κ3) is 2.78. The summed E-state index contributed by atoms with van der Waals surface area (Å²) >= 11 is 0. The van der Waals surface area contributed by atoms with Crippen molar-refractivity contribution in [1.29, 1.82) is 0 Å². The average Bonchev–Trinajstić information content (AvgIpc) is 3.47. The molecule has 0 bridgehead atoms. The summed E-state index contributed by atoms with van der Waals surface area (Å²) in [6.45, 7) is 6.83. The highest BCUT2D eigenvalue weighted by Crippen LogP contribution is 2.28. The SMILES string of the molecule is CC1c2cccn2CCN1C(=O)c1cc(C(=O)N2CCn3cccc3C2C)[nH]n1. The van der Waals surface area contributed by atoms with Crippen LogP contribution in [0, 0.1) is 0 Å². The Bertz CT molecular complexity index is 994. The first kappa shape index (κ1) is 17.8. The van der Waals surface area contributed by atoms with Gasteiger partial charge in [-0.2, -0.15) is 5.10 Å². The number of hydrogen-bond donors (Lipinski definition) is 1. The molecule has 1 N–H and O–H groups in total. The van der Waals surface area contributed by atoms with E-state index < -0.39 is 0 Å². The molecule has 3 aromatic rings. The van der Waals surface area contributed by atoms with Crippen LogP contribution in [0.3, 0.4) is 0 Å². The van der Waals surface area contributed by atoms with Crippen LogP contribution in [-0.4, -0.2) is 54.0 Å². The summed E-state index contributed by atoms with van der Waals surface area (Å²) < 4.78 is 4.34. The van der Waals surface area contributed by atoms with Crippen molar-refractivity contribution in [3.8, 4) is 0 Å². The van der Waals surface area contributed by atoms with E-state index in [0.717, 1.165) is 24.5 Å². The normalized spacial score (nSPS) is 21.0. The molecule has 5 heterocycles. The number of fused-ring (bicyclic) bond motifs is 2. The first-order chi connectivity index (χ1) is 14.0. The highest BCUT2D eigenvalue weighted by molar-refractivity contribution is 5.98. The molecule has 0 radical (unpaired) electrons. The van der Waals surface area contributed by atoms with E-state index in [4.69, 9.17) is 0 Å². The number of aromatic nitrogens is 4. The van der Waals surface area contributed by atoms with Crippen LogP contribution in [0.5, 0.6) is 0 Å². The highest BCUT2D eigenvalue weighted by Gasteiger charge is 2.32. The first-order valence-corrected chi connectivity index (χ1v) is 10.0. The molecule has 0 fully saturated rings. The van der Waals surface area contributed by atoms with Crippen LogP contribution in [0.15, 0.2) is 42.7 Å². The Labute approximate surface area is 168 Å². The van der Waals surface area contributed by atoms with E-state index in [1.165, 1.54) is 0 Å². The second-order valence-electron chi connectivity index (χ2n) is 7.77. The molecule has 8 nitrogen and oxygen atoms in total. The van der Waals surface area contributed by atoms with Gasteiger partial charge in [-0.25, -0.2) is 0 Å². The van der Waals surface area contributed by atoms with E-state index in [9.17, 15) is 9.59 Å². The topological polar surface area (TPSA) is 79.2 Å². The highest BCUT2D eigenvalue weighted by atomic mass is 16.2. The fourth-order valence-corrected chi connectivity index (χ4v) is 4.56. The van der Waals surface area contributed by atoms with Gasteiger partial charge in [0.1, 0.15) is 5.69 Å². The molecular formula is C21H24N6O2. The lowest BCUT2D eigenvalue weighted by molar-refractivity contribution is 0.0633. The van der Waals surface area contributed by atoms with Crippen molar-refractivity contribution in [3.05, 3.63) is 65.5 Å². The summed E-state index contributed by atoms with van der Waals surface area (Å²) in [5.41, 5.74) is 2.87. The van der Waals surface area contributed by atoms with Gasteiger partial charge in [0.25, 0.3) is 11.8 Å². The number of carbonyl (C=O) groups is 2. The number of nitrogens with zero attached hydrogens (tertiary/aromatic N) is 5. The summed E-state index contributed by atoms with van der Waals surface area (Å²) in [5, 5.41) is 6.96. The number of carbonyl (C=O) groups excluding carboxylic acids is 2. The third-order valence-corrected chi connectivity index (χ3v) is 6.23. The predicted molar refractivity (Wildman–Crippen MR) is 106 cm³/mol.